The van der Waals surface area contributed by atoms with Gasteiger partial charge >= 0.3 is 0 Å². The minimum atomic E-state index is -3.19. The van der Waals surface area contributed by atoms with E-state index < -0.39 is 33.2 Å². The first-order chi connectivity index (χ1) is 26.3. The van der Waals surface area contributed by atoms with E-state index in [0.717, 1.165) is 38.1 Å². The average Bonchev–Trinajstić information content (AvgIpc) is 3.18. The summed E-state index contributed by atoms with van der Waals surface area (Å²) in [4.78, 5) is 42.1. The first-order valence-electron chi connectivity index (χ1n) is 17.6. The Morgan fingerprint density at radius 3 is 1.62 bits per heavy atom. The largest absolute Gasteiger partial charge is 0.496 e. The molecular weight excluding hydrogens is 739 g/mol. The smallest absolute Gasteiger partial charge is 0.224 e. The van der Waals surface area contributed by atoms with Gasteiger partial charge in [-0.1, -0.05) is 0 Å². The predicted molar refractivity (Wildman–Crippen MR) is 203 cm³/mol. The summed E-state index contributed by atoms with van der Waals surface area (Å²) in [5, 5.41) is 9.63. The highest BCUT2D eigenvalue weighted by Crippen LogP contribution is 2.27. The minimum Gasteiger partial charge on any atom is -0.496 e. The van der Waals surface area contributed by atoms with Crippen molar-refractivity contribution in [2.24, 2.45) is 0 Å². The van der Waals surface area contributed by atoms with Crippen LogP contribution in [0.25, 0.3) is 0 Å². The Balaban J connectivity index is 0.000000214. The minimum absolute atomic E-state index is 0.0161. The molecule has 2 aromatic carbocycles. The summed E-state index contributed by atoms with van der Waals surface area (Å²) in [5.74, 6) is -0.954. The van der Waals surface area contributed by atoms with Crippen LogP contribution in [0.5, 0.6) is 11.5 Å². The summed E-state index contributed by atoms with van der Waals surface area (Å²) in [6.45, 7) is 4.32. The Morgan fingerprint density at radius 1 is 0.782 bits per heavy atom. The summed E-state index contributed by atoms with van der Waals surface area (Å²) in [6.07, 6.45) is 5.77. The summed E-state index contributed by atoms with van der Waals surface area (Å²) in [5.41, 5.74) is 12.1. The van der Waals surface area contributed by atoms with Crippen LogP contribution in [0.3, 0.4) is 0 Å². The lowest BCUT2D eigenvalue weighted by Crippen LogP contribution is -2.43. The van der Waals surface area contributed by atoms with Gasteiger partial charge in [-0.15, -0.1) is 0 Å². The molecule has 19 heteroatoms. The van der Waals surface area contributed by atoms with E-state index in [0.29, 0.717) is 31.9 Å². The number of anilines is 4. The molecule has 0 atom stereocenters. The van der Waals surface area contributed by atoms with Gasteiger partial charge in [0.1, 0.15) is 34.8 Å². The highest BCUT2D eigenvalue weighted by molar-refractivity contribution is 7.89. The van der Waals surface area contributed by atoms with Crippen LogP contribution in [0.2, 0.25) is 0 Å². The van der Waals surface area contributed by atoms with E-state index in [2.05, 4.69) is 35.9 Å². The third-order valence-corrected chi connectivity index (χ3v) is 11.0. The van der Waals surface area contributed by atoms with Crippen molar-refractivity contribution in [3.8, 4) is 11.5 Å². The lowest BCUT2D eigenvalue weighted by atomic mass is 10.0. The van der Waals surface area contributed by atoms with Gasteiger partial charge in [0.05, 0.1) is 42.2 Å². The van der Waals surface area contributed by atoms with Crippen molar-refractivity contribution in [2.75, 3.05) is 68.3 Å². The van der Waals surface area contributed by atoms with Crippen molar-refractivity contribution in [1.29, 1.82) is 0 Å². The van der Waals surface area contributed by atoms with Crippen LogP contribution < -0.4 is 36.9 Å². The van der Waals surface area contributed by atoms with Gasteiger partial charge in [-0.05, 0) is 82.1 Å². The average molecular weight is 783 g/mol. The number of carbonyl (C=O) groups is 2. The van der Waals surface area contributed by atoms with E-state index in [1.807, 2.05) is 0 Å². The van der Waals surface area contributed by atoms with Crippen LogP contribution in [0.15, 0.2) is 48.8 Å². The molecule has 2 aliphatic rings. The van der Waals surface area contributed by atoms with E-state index in [4.69, 9.17) is 20.9 Å². The summed E-state index contributed by atoms with van der Waals surface area (Å²) in [7, 11) is -0.399. The van der Waals surface area contributed by atoms with Gasteiger partial charge in [-0.3, -0.25) is 9.59 Å². The normalized spacial score (nSPS) is 15.4. The van der Waals surface area contributed by atoms with Crippen LogP contribution in [0.4, 0.5) is 32.3 Å². The highest BCUT2D eigenvalue weighted by Gasteiger charge is 2.28. The molecule has 6 rings (SSSR count). The van der Waals surface area contributed by atoms with Crippen molar-refractivity contribution in [3.05, 3.63) is 82.7 Å². The number of ether oxygens (including phenoxy) is 2. The molecule has 7 N–H and O–H groups in total. The fraction of sp³-hybridized carbons (Fsp3) is 0.389. The molecule has 4 aromatic rings. The standard InChI is InChI=1S/C19H24FN5O4S.C17H20FN5O2/c1-3-30(27,28)25-8-6-13(7-9-25)23-19-22-11-15(18(21)24-19)17(26)14-10-12(20)4-5-16(14)29-2;1-25-14-3-2-10(18)8-12(14)15(24)13-9-21-17(23-16(13)19)22-11-4-6-20-7-5-11/h4-5,10-11,13H,3,6-9H2,1-2H3,(H3,21,22,23,24);2-3,8-9,11,20H,4-7H2,1H3,(H3,19,21,22,23). The predicted octanol–water partition coefficient (Wildman–Crippen LogP) is 3.26. The van der Waals surface area contributed by atoms with Gasteiger partial charge in [0.15, 0.2) is 0 Å². The molecule has 0 bridgehead atoms. The number of carbonyl (C=O) groups excluding carboxylic acids is 2. The van der Waals surface area contributed by atoms with E-state index >= 15 is 0 Å². The first-order valence-corrected chi connectivity index (χ1v) is 19.2. The zero-order valence-corrected chi connectivity index (χ0v) is 31.5. The number of nitrogens with zero attached hydrogens (tertiary/aromatic N) is 5. The number of hydrogen-bond donors (Lipinski definition) is 5. The third-order valence-electron chi connectivity index (χ3n) is 9.16. The van der Waals surface area contributed by atoms with Crippen LogP contribution >= 0.6 is 0 Å². The second-order valence-electron chi connectivity index (χ2n) is 12.7. The monoisotopic (exact) mass is 782 g/mol. The molecular formula is C36H44F2N10O6S. The van der Waals surface area contributed by atoms with E-state index in [-0.39, 0.29) is 69.2 Å². The number of hydrogen-bond acceptors (Lipinski definition) is 15. The van der Waals surface area contributed by atoms with Gasteiger partial charge in [0, 0.05) is 37.6 Å². The van der Waals surface area contributed by atoms with Gasteiger partial charge in [0.25, 0.3) is 0 Å². The van der Waals surface area contributed by atoms with E-state index in [1.54, 1.807) is 6.92 Å². The number of nitrogen functional groups attached to an aromatic ring is 2. The van der Waals surface area contributed by atoms with Gasteiger partial charge in [0.2, 0.25) is 33.5 Å². The number of nitrogens with two attached hydrogens (primary N) is 2. The summed E-state index contributed by atoms with van der Waals surface area (Å²) >= 11 is 0. The Kier molecular flexibility index (Phi) is 13.5. The zero-order chi connectivity index (χ0) is 39.7. The molecule has 2 fully saturated rings. The maximum absolute atomic E-state index is 13.6. The fourth-order valence-electron chi connectivity index (χ4n) is 6.08. The van der Waals surface area contributed by atoms with Gasteiger partial charge in [-0.25, -0.2) is 31.5 Å². The molecule has 0 aliphatic carbocycles. The number of sulfonamides is 1. The molecule has 2 aromatic heterocycles. The van der Waals surface area contributed by atoms with Gasteiger partial charge in [-0.2, -0.15) is 9.97 Å². The number of aromatic nitrogens is 4. The lowest BCUT2D eigenvalue weighted by molar-refractivity contribution is 0.102. The molecule has 2 saturated heterocycles. The fourth-order valence-corrected chi connectivity index (χ4v) is 7.21. The number of methoxy groups -OCH3 is 2. The number of ketones is 2. The SMILES string of the molecule is CCS(=O)(=O)N1CCC(Nc2ncc(C(=O)c3cc(F)ccc3OC)c(N)n2)CC1.COc1ccc(F)cc1C(=O)c1cnc(NC2CCNCC2)nc1N. The van der Waals surface area contributed by atoms with E-state index in [1.165, 1.54) is 55.2 Å². The summed E-state index contributed by atoms with van der Waals surface area (Å²) < 4.78 is 62.7. The third kappa shape index (κ3) is 10.2. The zero-order valence-electron chi connectivity index (χ0n) is 30.6. The Bertz CT molecular complexity index is 2110. The van der Waals surface area contributed by atoms with Crippen LogP contribution in [-0.4, -0.2) is 102 Å². The molecule has 0 unspecified atom stereocenters. The molecule has 0 saturated carbocycles. The molecule has 0 amide bonds. The van der Waals surface area contributed by atoms with E-state index in [9.17, 15) is 26.8 Å². The van der Waals surface area contributed by atoms with Crippen LogP contribution in [0, 0.1) is 11.6 Å². The number of halogens is 2. The Labute approximate surface area is 317 Å². The van der Waals surface area contributed by atoms with Crippen molar-refractivity contribution in [2.45, 2.75) is 44.7 Å². The summed E-state index contributed by atoms with van der Waals surface area (Å²) in [6, 6.07) is 7.62. The molecule has 16 nitrogen and oxygen atoms in total. The van der Waals surface area contributed by atoms with Crippen LogP contribution in [-0.2, 0) is 10.0 Å². The Morgan fingerprint density at radius 2 is 1.22 bits per heavy atom. The number of rotatable bonds is 12. The highest BCUT2D eigenvalue weighted by atomic mass is 32.2. The maximum Gasteiger partial charge on any atom is 0.224 e. The second kappa shape index (κ2) is 18.2. The number of piperidine rings is 2. The molecule has 55 heavy (non-hydrogen) atoms. The van der Waals surface area contributed by atoms with Crippen molar-refractivity contribution >= 4 is 45.1 Å². The van der Waals surface area contributed by atoms with Crippen LogP contribution in [0.1, 0.15) is 64.4 Å². The number of benzene rings is 2. The molecule has 0 spiro atoms. The number of nitrogens with one attached hydrogen (secondary N) is 3. The maximum atomic E-state index is 13.6. The molecule has 0 radical (unpaired) electrons. The van der Waals surface area contributed by atoms with Gasteiger partial charge < -0.3 is 36.9 Å². The lowest BCUT2D eigenvalue weighted by Gasteiger charge is -2.31. The molecule has 2 aliphatic heterocycles. The van der Waals surface area contributed by atoms with Crippen molar-refractivity contribution < 1.29 is 36.3 Å². The second-order valence-corrected chi connectivity index (χ2v) is 15.0. The molecule has 294 valence electrons. The first kappa shape index (κ1) is 40.7. The van der Waals surface area contributed by atoms with Crippen molar-refractivity contribution in [3.63, 3.8) is 0 Å². The molecule has 4 heterocycles. The quantitative estimate of drug-likeness (QED) is 0.130. The Hall–Kier alpha value is -5.53. The topological polar surface area (TPSA) is 230 Å². The van der Waals surface area contributed by atoms with Crippen molar-refractivity contribution in [1.82, 2.24) is 29.6 Å².